The van der Waals surface area contributed by atoms with Crippen molar-refractivity contribution in [2.24, 2.45) is 0 Å². The van der Waals surface area contributed by atoms with Crippen LogP contribution in [0.2, 0.25) is 0 Å². The summed E-state index contributed by atoms with van der Waals surface area (Å²) in [7, 11) is -3.81. The smallest absolute Gasteiger partial charge is 0.321 e. The van der Waals surface area contributed by atoms with E-state index in [1.54, 1.807) is 29.2 Å². The fourth-order valence-corrected chi connectivity index (χ4v) is 3.77. The van der Waals surface area contributed by atoms with Gasteiger partial charge in [0.15, 0.2) is 6.10 Å². The molecule has 8 heteroatoms. The first-order chi connectivity index (χ1) is 13.9. The van der Waals surface area contributed by atoms with Gasteiger partial charge < -0.3 is 9.64 Å². The zero-order valence-electron chi connectivity index (χ0n) is 15.9. The molecule has 0 aliphatic carbocycles. The molecule has 7 nitrogen and oxygen atoms in total. The average molecular weight is 414 g/mol. The highest BCUT2D eigenvalue weighted by Gasteiger charge is 2.29. The molecule has 3 rings (SSSR count). The van der Waals surface area contributed by atoms with Gasteiger partial charge >= 0.3 is 5.97 Å². The van der Waals surface area contributed by atoms with Gasteiger partial charge in [-0.3, -0.25) is 9.59 Å². The van der Waals surface area contributed by atoms with Crippen molar-refractivity contribution in [1.82, 2.24) is 4.72 Å². The van der Waals surface area contributed by atoms with Gasteiger partial charge in [0.05, 0.1) is 0 Å². The predicted molar refractivity (Wildman–Crippen MR) is 110 cm³/mol. The van der Waals surface area contributed by atoms with Crippen molar-refractivity contribution in [3.8, 4) is 0 Å². The molecular weight excluding hydrogens is 392 g/mol. The van der Waals surface area contributed by atoms with E-state index in [0.717, 1.165) is 23.1 Å². The molecule has 2 aromatic rings. The molecule has 29 heavy (non-hydrogen) atoms. The summed E-state index contributed by atoms with van der Waals surface area (Å²) in [5, 5.41) is 0.978. The van der Waals surface area contributed by atoms with Gasteiger partial charge in [0.25, 0.3) is 5.91 Å². The zero-order valence-corrected chi connectivity index (χ0v) is 16.8. The highest BCUT2D eigenvalue weighted by atomic mass is 32.2. The van der Waals surface area contributed by atoms with Crippen LogP contribution in [0.25, 0.3) is 6.08 Å². The van der Waals surface area contributed by atoms with Gasteiger partial charge in [-0.2, -0.15) is 0 Å². The molecule has 0 saturated carbocycles. The maximum absolute atomic E-state index is 12.6. The Morgan fingerprint density at radius 1 is 1.14 bits per heavy atom. The third-order valence-corrected chi connectivity index (χ3v) is 5.51. The molecule has 0 bridgehead atoms. The Morgan fingerprint density at radius 2 is 1.83 bits per heavy atom. The van der Waals surface area contributed by atoms with Crippen molar-refractivity contribution in [3.63, 3.8) is 0 Å². The molecule has 1 atom stereocenters. The van der Waals surface area contributed by atoms with Gasteiger partial charge in [0.1, 0.15) is 6.54 Å². The number of para-hydroxylation sites is 1. The number of nitrogens with zero attached hydrogens (tertiary/aromatic N) is 1. The number of rotatable bonds is 7. The number of sulfonamides is 1. The minimum absolute atomic E-state index is 0.338. The standard InChI is InChI=1S/C21H22N2O5S/c1-16(21(25)23-13-11-18-9-5-6-10-19(18)23)28-20(24)15-22-29(26,27)14-12-17-7-3-2-4-8-17/h2-10,12,14,16,22H,11,13,15H2,1H3/b14-12+/t16-/m0/s1. The largest absolute Gasteiger partial charge is 0.452 e. The fourth-order valence-electron chi connectivity index (χ4n) is 3.02. The van der Waals surface area contributed by atoms with Gasteiger partial charge in [-0.15, -0.1) is 0 Å². The van der Waals surface area contributed by atoms with E-state index >= 15 is 0 Å². The van der Waals surface area contributed by atoms with E-state index in [9.17, 15) is 18.0 Å². The summed E-state index contributed by atoms with van der Waals surface area (Å²) in [5.41, 5.74) is 2.59. The lowest BCUT2D eigenvalue weighted by molar-refractivity contribution is -0.152. The van der Waals surface area contributed by atoms with Crippen LogP contribution in [-0.2, 0) is 30.8 Å². The fraction of sp³-hybridized carbons (Fsp3) is 0.238. The van der Waals surface area contributed by atoms with E-state index in [1.165, 1.54) is 13.0 Å². The number of anilines is 1. The Hall–Kier alpha value is -2.97. The molecule has 0 aromatic heterocycles. The lowest BCUT2D eigenvalue weighted by atomic mass is 10.2. The topological polar surface area (TPSA) is 92.8 Å². The van der Waals surface area contributed by atoms with Crippen molar-refractivity contribution in [3.05, 3.63) is 71.1 Å². The Kier molecular flexibility index (Phi) is 6.46. The van der Waals surface area contributed by atoms with Crippen LogP contribution in [0, 0.1) is 0 Å². The molecule has 2 aromatic carbocycles. The molecule has 1 amide bonds. The molecule has 1 N–H and O–H groups in total. The Bertz CT molecular complexity index is 1020. The number of ether oxygens (including phenoxy) is 1. The van der Waals surface area contributed by atoms with Crippen LogP contribution >= 0.6 is 0 Å². The van der Waals surface area contributed by atoms with Crippen LogP contribution in [0.15, 0.2) is 60.0 Å². The number of carbonyl (C=O) groups excluding carboxylic acids is 2. The summed E-state index contributed by atoms with van der Waals surface area (Å²) in [6, 6.07) is 16.5. The van der Waals surface area contributed by atoms with Crippen LogP contribution < -0.4 is 9.62 Å². The first kappa shape index (κ1) is 20.8. The summed E-state index contributed by atoms with van der Waals surface area (Å²) in [6.45, 7) is 1.44. The van der Waals surface area contributed by atoms with E-state index < -0.39 is 28.6 Å². The highest BCUT2D eigenvalue weighted by molar-refractivity contribution is 7.92. The minimum Gasteiger partial charge on any atom is -0.452 e. The second-order valence-electron chi connectivity index (χ2n) is 6.58. The van der Waals surface area contributed by atoms with Gasteiger partial charge in [-0.1, -0.05) is 48.5 Å². The number of carbonyl (C=O) groups is 2. The summed E-state index contributed by atoms with van der Waals surface area (Å²) >= 11 is 0. The SMILES string of the molecule is C[C@H](OC(=O)CNS(=O)(=O)/C=C/c1ccccc1)C(=O)N1CCc2ccccc21. The van der Waals surface area contributed by atoms with Gasteiger partial charge in [0, 0.05) is 17.6 Å². The van der Waals surface area contributed by atoms with Crippen LogP contribution in [0.1, 0.15) is 18.1 Å². The number of fused-ring (bicyclic) bond motifs is 1. The van der Waals surface area contributed by atoms with E-state index in [2.05, 4.69) is 4.72 Å². The molecule has 1 aliphatic rings. The number of hydrogen-bond acceptors (Lipinski definition) is 5. The van der Waals surface area contributed by atoms with Crippen LogP contribution in [0.5, 0.6) is 0 Å². The van der Waals surface area contributed by atoms with Crippen molar-refractivity contribution in [2.45, 2.75) is 19.4 Å². The average Bonchev–Trinajstić information content (AvgIpc) is 3.15. The number of amides is 1. The van der Waals surface area contributed by atoms with E-state index in [1.807, 2.05) is 30.3 Å². The molecule has 0 radical (unpaired) electrons. The zero-order chi connectivity index (χ0) is 20.9. The molecule has 1 aliphatic heterocycles. The Balaban J connectivity index is 1.51. The second kappa shape index (κ2) is 9.02. The van der Waals surface area contributed by atoms with Crippen molar-refractivity contribution in [2.75, 3.05) is 18.0 Å². The summed E-state index contributed by atoms with van der Waals surface area (Å²) < 4.78 is 31.2. The van der Waals surface area contributed by atoms with Crippen LogP contribution in [0.4, 0.5) is 5.69 Å². The lowest BCUT2D eigenvalue weighted by Crippen LogP contribution is -2.40. The second-order valence-corrected chi connectivity index (χ2v) is 8.23. The van der Waals surface area contributed by atoms with E-state index in [4.69, 9.17) is 4.74 Å². The monoisotopic (exact) mass is 414 g/mol. The quantitative estimate of drug-likeness (QED) is 0.701. The Labute approximate surface area is 170 Å². The number of hydrogen-bond donors (Lipinski definition) is 1. The minimum atomic E-state index is -3.81. The van der Waals surface area contributed by atoms with Gasteiger partial charge in [-0.05, 0) is 36.6 Å². The molecule has 0 unspecified atom stereocenters. The van der Waals surface area contributed by atoms with Crippen molar-refractivity contribution in [1.29, 1.82) is 0 Å². The molecule has 0 fully saturated rings. The first-order valence-corrected chi connectivity index (χ1v) is 10.7. The normalized spacial score (nSPS) is 14.6. The van der Waals surface area contributed by atoms with Crippen LogP contribution in [0.3, 0.4) is 0 Å². The maximum Gasteiger partial charge on any atom is 0.321 e. The molecular formula is C21H22N2O5S. The van der Waals surface area contributed by atoms with E-state index in [-0.39, 0.29) is 5.91 Å². The highest BCUT2D eigenvalue weighted by Crippen LogP contribution is 2.28. The number of nitrogens with one attached hydrogen (secondary N) is 1. The number of benzene rings is 2. The van der Waals surface area contributed by atoms with E-state index in [0.29, 0.717) is 12.1 Å². The van der Waals surface area contributed by atoms with Crippen molar-refractivity contribution >= 4 is 33.7 Å². The first-order valence-electron chi connectivity index (χ1n) is 9.17. The summed E-state index contributed by atoms with van der Waals surface area (Å²) in [4.78, 5) is 26.2. The van der Waals surface area contributed by atoms with Gasteiger partial charge in [0.2, 0.25) is 10.0 Å². The Morgan fingerprint density at radius 3 is 2.59 bits per heavy atom. The lowest BCUT2D eigenvalue weighted by Gasteiger charge is -2.21. The summed E-state index contributed by atoms with van der Waals surface area (Å²) in [5.74, 6) is -1.16. The molecule has 0 saturated heterocycles. The number of esters is 1. The van der Waals surface area contributed by atoms with Gasteiger partial charge in [-0.25, -0.2) is 13.1 Å². The predicted octanol–water partition coefficient (Wildman–Crippen LogP) is 2.10. The third-order valence-electron chi connectivity index (χ3n) is 4.47. The third kappa shape index (κ3) is 5.52. The molecule has 1 heterocycles. The maximum atomic E-state index is 12.6. The summed E-state index contributed by atoms with van der Waals surface area (Å²) in [6.07, 6.45) is 1.15. The van der Waals surface area contributed by atoms with Crippen LogP contribution in [-0.4, -0.2) is 39.5 Å². The molecule has 0 spiro atoms. The molecule has 152 valence electrons. The van der Waals surface area contributed by atoms with Crippen molar-refractivity contribution < 1.29 is 22.7 Å².